The fraction of sp³-hybridized carbons (Fsp3) is 0.818. The van der Waals surface area contributed by atoms with Gasteiger partial charge in [-0.1, -0.05) is 18.9 Å². The molecular weight excluding hydrogens is 224 g/mol. The van der Waals surface area contributed by atoms with E-state index >= 15 is 0 Å². The molecule has 96 valence electrons. The van der Waals surface area contributed by atoms with Crippen LogP contribution in [-0.4, -0.2) is 37.0 Å². The summed E-state index contributed by atoms with van der Waals surface area (Å²) in [7, 11) is 1.83. The average Bonchev–Trinajstić information content (AvgIpc) is 2.34. The minimum atomic E-state index is -2.81. The summed E-state index contributed by atoms with van der Waals surface area (Å²) in [5.74, 6) is 0. The van der Waals surface area contributed by atoms with Gasteiger partial charge in [-0.25, -0.2) is 0 Å². The van der Waals surface area contributed by atoms with Crippen molar-refractivity contribution < 1.29 is 17.7 Å². The van der Waals surface area contributed by atoms with Gasteiger partial charge in [0.25, 0.3) is 0 Å². The van der Waals surface area contributed by atoms with Crippen LogP contribution >= 0.6 is 0 Å². The number of allylic oxidation sites excluding steroid dienone is 1. The summed E-state index contributed by atoms with van der Waals surface area (Å²) >= 11 is 0. The number of hydrogen-bond donors (Lipinski definition) is 0. The highest BCUT2D eigenvalue weighted by molar-refractivity contribution is 6.53. The summed E-state index contributed by atoms with van der Waals surface area (Å²) in [6.07, 6.45) is 7.60. The number of hydrogen-bond acceptors (Lipinski definition) is 4. The normalized spacial score (nSPS) is 11.7. The number of rotatable bonds is 11. The molecular formula is C11H24O4Si. The molecule has 0 heterocycles. The Morgan fingerprint density at radius 3 is 2.00 bits per heavy atom. The fourth-order valence-electron chi connectivity index (χ4n) is 1.37. The molecule has 0 saturated carbocycles. The Bertz CT molecular complexity index is 163. The summed E-state index contributed by atoms with van der Waals surface area (Å²) in [6, 6.07) is 0. The lowest BCUT2D eigenvalue weighted by Gasteiger charge is -2.22. The van der Waals surface area contributed by atoms with Gasteiger partial charge >= 0.3 is 9.05 Å². The molecule has 0 amide bonds. The van der Waals surface area contributed by atoms with Crippen molar-refractivity contribution in [3.05, 3.63) is 12.7 Å². The Kier molecular flexibility index (Phi) is 9.86. The highest BCUT2D eigenvalue weighted by atomic mass is 28.4. The molecule has 0 fully saturated rings. The van der Waals surface area contributed by atoms with Crippen LogP contribution in [0.5, 0.6) is 0 Å². The van der Waals surface area contributed by atoms with Gasteiger partial charge in [-0.15, -0.1) is 6.58 Å². The van der Waals surface area contributed by atoms with Crippen molar-refractivity contribution in [1.29, 1.82) is 0 Å². The Balaban J connectivity index is 3.51. The lowest BCUT2D eigenvalue weighted by atomic mass is 10.1. The van der Waals surface area contributed by atoms with E-state index in [-0.39, 0.29) is 0 Å². The molecule has 0 saturated heterocycles. The zero-order valence-corrected chi connectivity index (χ0v) is 11.7. The first kappa shape index (κ1) is 15.8. The third kappa shape index (κ3) is 6.39. The quantitative estimate of drug-likeness (QED) is 0.320. The van der Waals surface area contributed by atoms with Crippen molar-refractivity contribution in [3.8, 4) is 0 Å². The maximum absolute atomic E-state index is 5.54. The van der Waals surface area contributed by atoms with Gasteiger partial charge in [0.1, 0.15) is 0 Å². The van der Waals surface area contributed by atoms with Crippen molar-refractivity contribution in [2.24, 2.45) is 0 Å². The van der Waals surface area contributed by atoms with Crippen LogP contribution in [-0.2, 0) is 17.7 Å². The van der Waals surface area contributed by atoms with Gasteiger partial charge in [-0.05, 0) is 19.3 Å². The van der Waals surface area contributed by atoms with E-state index in [2.05, 4.69) is 6.58 Å². The molecule has 0 bridgehead atoms. The standard InChI is InChI=1S/C11H24O4Si/c1-5-6-7-8-9-10-11-15-16(12-2,13-3)14-4/h5H,1,6-11H2,2-4H3. The second-order valence-corrected chi connectivity index (χ2v) is 5.97. The van der Waals surface area contributed by atoms with Crippen LogP contribution in [0, 0.1) is 0 Å². The number of unbranched alkanes of at least 4 members (excludes halogenated alkanes) is 4. The molecule has 0 unspecified atom stereocenters. The summed E-state index contributed by atoms with van der Waals surface area (Å²) in [5.41, 5.74) is 0. The Morgan fingerprint density at radius 2 is 1.50 bits per heavy atom. The van der Waals surface area contributed by atoms with E-state index in [1.165, 1.54) is 12.8 Å². The van der Waals surface area contributed by atoms with Crippen molar-refractivity contribution >= 4 is 9.05 Å². The maximum atomic E-state index is 5.54. The van der Waals surface area contributed by atoms with Crippen LogP contribution in [0.2, 0.25) is 0 Å². The highest BCUT2D eigenvalue weighted by Gasteiger charge is 2.41. The van der Waals surface area contributed by atoms with E-state index in [0.29, 0.717) is 6.61 Å². The Labute approximate surface area is 100 Å². The largest absolute Gasteiger partial charge is 0.678 e. The van der Waals surface area contributed by atoms with Crippen LogP contribution in [0.1, 0.15) is 32.1 Å². The van der Waals surface area contributed by atoms with E-state index in [0.717, 1.165) is 19.3 Å². The molecule has 5 heteroatoms. The third-order valence-corrected chi connectivity index (χ3v) is 4.39. The second-order valence-electron chi connectivity index (χ2n) is 3.45. The molecule has 0 aromatic carbocycles. The predicted molar refractivity (Wildman–Crippen MR) is 66.0 cm³/mol. The van der Waals surface area contributed by atoms with Crippen LogP contribution in [0.15, 0.2) is 12.7 Å². The molecule has 0 N–H and O–H groups in total. The van der Waals surface area contributed by atoms with Gasteiger partial charge in [0.05, 0.1) is 0 Å². The van der Waals surface area contributed by atoms with E-state index in [4.69, 9.17) is 17.7 Å². The molecule has 4 nitrogen and oxygen atoms in total. The van der Waals surface area contributed by atoms with Gasteiger partial charge in [-0.3, -0.25) is 0 Å². The molecule has 0 radical (unpaired) electrons. The maximum Gasteiger partial charge on any atom is 0.678 e. The fourth-order valence-corrected chi connectivity index (χ4v) is 2.62. The topological polar surface area (TPSA) is 36.9 Å². The molecule has 0 spiro atoms. The minimum Gasteiger partial charge on any atom is -0.355 e. The molecule has 0 rings (SSSR count). The first-order chi connectivity index (χ1) is 7.74. The van der Waals surface area contributed by atoms with Crippen LogP contribution in [0.25, 0.3) is 0 Å². The molecule has 0 aromatic rings. The lowest BCUT2D eigenvalue weighted by molar-refractivity contribution is 0.00505. The highest BCUT2D eigenvalue weighted by Crippen LogP contribution is 2.10. The first-order valence-corrected chi connectivity index (χ1v) is 7.28. The molecule has 16 heavy (non-hydrogen) atoms. The zero-order chi connectivity index (χ0) is 12.3. The zero-order valence-electron chi connectivity index (χ0n) is 10.7. The summed E-state index contributed by atoms with van der Waals surface area (Å²) in [6.45, 7) is 4.31. The van der Waals surface area contributed by atoms with E-state index < -0.39 is 9.05 Å². The van der Waals surface area contributed by atoms with Crippen molar-refractivity contribution in [2.75, 3.05) is 27.9 Å². The monoisotopic (exact) mass is 248 g/mol. The average molecular weight is 248 g/mol. The first-order valence-electron chi connectivity index (χ1n) is 5.65. The van der Waals surface area contributed by atoms with Gasteiger partial charge in [0.15, 0.2) is 0 Å². The van der Waals surface area contributed by atoms with Gasteiger partial charge in [0, 0.05) is 27.9 Å². The molecule has 0 aromatic heterocycles. The Hall–Kier alpha value is -0.203. The van der Waals surface area contributed by atoms with Gasteiger partial charge in [-0.2, -0.15) is 0 Å². The molecule has 0 atom stereocenters. The van der Waals surface area contributed by atoms with Crippen molar-refractivity contribution in [3.63, 3.8) is 0 Å². The predicted octanol–water partition coefficient (Wildman–Crippen LogP) is 2.51. The third-order valence-electron chi connectivity index (χ3n) is 2.33. The summed E-state index contributed by atoms with van der Waals surface area (Å²) < 4.78 is 21.0. The molecule has 0 aliphatic heterocycles. The Morgan fingerprint density at radius 1 is 0.938 bits per heavy atom. The van der Waals surface area contributed by atoms with Crippen molar-refractivity contribution in [2.45, 2.75) is 32.1 Å². The van der Waals surface area contributed by atoms with Gasteiger partial charge < -0.3 is 17.7 Å². The molecule has 0 aliphatic rings. The van der Waals surface area contributed by atoms with E-state index in [9.17, 15) is 0 Å². The summed E-state index contributed by atoms with van der Waals surface area (Å²) in [5, 5.41) is 0. The van der Waals surface area contributed by atoms with Crippen LogP contribution in [0.3, 0.4) is 0 Å². The van der Waals surface area contributed by atoms with E-state index in [1.807, 2.05) is 6.08 Å². The second kappa shape index (κ2) is 9.98. The van der Waals surface area contributed by atoms with E-state index in [1.54, 1.807) is 21.3 Å². The van der Waals surface area contributed by atoms with Gasteiger partial charge in [0.2, 0.25) is 0 Å². The molecule has 0 aliphatic carbocycles. The SMILES string of the molecule is C=CCCCCCCO[Si](OC)(OC)OC. The van der Waals surface area contributed by atoms with Crippen molar-refractivity contribution in [1.82, 2.24) is 0 Å². The van der Waals surface area contributed by atoms with Crippen LogP contribution < -0.4 is 0 Å². The smallest absolute Gasteiger partial charge is 0.355 e. The summed E-state index contributed by atoms with van der Waals surface area (Å²) in [4.78, 5) is 0. The lowest BCUT2D eigenvalue weighted by Crippen LogP contribution is -2.46. The minimum absolute atomic E-state index is 0.621. The van der Waals surface area contributed by atoms with Crippen LogP contribution in [0.4, 0.5) is 0 Å².